The molecule has 1 N–H and O–H groups in total. The number of rotatable bonds is 7. The summed E-state index contributed by atoms with van der Waals surface area (Å²) in [5.41, 5.74) is 1.21. The Morgan fingerprint density at radius 3 is 2.83 bits per heavy atom. The van der Waals surface area contributed by atoms with Crippen molar-refractivity contribution >= 4 is 11.8 Å². The van der Waals surface area contributed by atoms with Gasteiger partial charge in [-0.1, -0.05) is 24.3 Å². The molecule has 0 saturated carbocycles. The zero-order valence-corrected chi connectivity index (χ0v) is 18.3. The molecule has 2 aromatic rings. The number of likely N-dealkylation sites (tertiary alicyclic amines) is 1. The van der Waals surface area contributed by atoms with Crippen molar-refractivity contribution in [2.24, 2.45) is 0 Å². The predicted octanol–water partition coefficient (Wildman–Crippen LogP) is 4.75. The molecular weight excluding hydrogens is 380 g/mol. The van der Waals surface area contributed by atoms with Gasteiger partial charge >= 0.3 is 0 Å². The van der Waals surface area contributed by atoms with E-state index in [4.69, 9.17) is 9.47 Å². The molecule has 0 aromatic heterocycles. The molecule has 2 heterocycles. The molecule has 29 heavy (non-hydrogen) atoms. The van der Waals surface area contributed by atoms with Gasteiger partial charge in [-0.2, -0.15) is 0 Å². The maximum Gasteiger partial charge on any atom is 0.136 e. The van der Waals surface area contributed by atoms with Gasteiger partial charge in [0, 0.05) is 29.3 Å². The molecule has 2 unspecified atom stereocenters. The quantitative estimate of drug-likeness (QED) is 0.664. The van der Waals surface area contributed by atoms with Crippen LogP contribution in [0, 0.1) is 0 Å². The smallest absolute Gasteiger partial charge is 0.136 e. The maximum absolute atomic E-state index is 6.28. The van der Waals surface area contributed by atoms with Gasteiger partial charge in [0.25, 0.3) is 0 Å². The van der Waals surface area contributed by atoms with Crippen molar-refractivity contribution < 1.29 is 9.47 Å². The van der Waals surface area contributed by atoms with E-state index in [1.54, 1.807) is 0 Å². The van der Waals surface area contributed by atoms with Crippen LogP contribution in [-0.2, 0) is 0 Å². The largest absolute Gasteiger partial charge is 0.494 e. The minimum atomic E-state index is 0.0724. The Morgan fingerprint density at radius 1 is 1.17 bits per heavy atom. The van der Waals surface area contributed by atoms with E-state index in [9.17, 15) is 0 Å². The van der Waals surface area contributed by atoms with Crippen LogP contribution >= 0.6 is 11.8 Å². The maximum atomic E-state index is 6.28. The van der Waals surface area contributed by atoms with Crippen molar-refractivity contribution in [3.8, 4) is 11.5 Å². The number of ether oxygens (including phenoxy) is 2. The summed E-state index contributed by atoms with van der Waals surface area (Å²) in [5.74, 6) is 1.93. The Labute approximate surface area is 179 Å². The highest BCUT2D eigenvalue weighted by molar-refractivity contribution is 8.00. The summed E-state index contributed by atoms with van der Waals surface area (Å²) in [6, 6.07) is 17.4. The van der Waals surface area contributed by atoms with Crippen molar-refractivity contribution in [3.63, 3.8) is 0 Å². The first-order valence-electron chi connectivity index (χ1n) is 10.8. The number of fused-ring (bicyclic) bond motifs is 1. The minimum absolute atomic E-state index is 0.0724. The van der Waals surface area contributed by atoms with E-state index in [1.807, 2.05) is 17.8 Å². The SMILES string of the molecule is CNC1CCCN(CCCOc2ccc([C@@H]3Oc4ccccc4SC3C)cc2)C1. The summed E-state index contributed by atoms with van der Waals surface area (Å²) in [5, 5.41) is 3.78. The standard InChI is InChI=1S/C24H32N2O2S/c1-18-24(28-22-8-3-4-9-23(22)29-18)19-10-12-21(13-11-19)27-16-6-15-26-14-5-7-20(17-26)25-2/h3-4,8-13,18,20,24-25H,5-7,14-17H2,1-2H3/t18?,20?,24-/m1/s1. The zero-order valence-electron chi connectivity index (χ0n) is 17.5. The summed E-state index contributed by atoms with van der Waals surface area (Å²) >= 11 is 1.89. The van der Waals surface area contributed by atoms with Gasteiger partial charge in [-0.3, -0.25) is 0 Å². The molecule has 5 heteroatoms. The van der Waals surface area contributed by atoms with Crippen LogP contribution in [0.15, 0.2) is 53.4 Å². The number of likely N-dealkylation sites (N-methyl/N-ethyl adjacent to an activating group) is 1. The molecule has 0 radical (unpaired) electrons. The monoisotopic (exact) mass is 412 g/mol. The van der Waals surface area contributed by atoms with E-state index in [2.05, 4.69) is 66.7 Å². The molecule has 2 aliphatic heterocycles. The fourth-order valence-electron chi connectivity index (χ4n) is 4.20. The van der Waals surface area contributed by atoms with Gasteiger partial charge in [0.2, 0.25) is 0 Å². The molecule has 2 aliphatic rings. The number of nitrogens with one attached hydrogen (secondary N) is 1. The van der Waals surface area contributed by atoms with Crippen LogP contribution in [0.3, 0.4) is 0 Å². The number of nitrogens with zero attached hydrogens (tertiary/aromatic N) is 1. The Bertz CT molecular complexity index is 783. The molecule has 1 fully saturated rings. The van der Waals surface area contributed by atoms with Crippen LogP contribution in [0.1, 0.15) is 37.9 Å². The lowest BCUT2D eigenvalue weighted by atomic mass is 10.1. The zero-order chi connectivity index (χ0) is 20.1. The molecule has 0 bridgehead atoms. The summed E-state index contributed by atoms with van der Waals surface area (Å²) in [4.78, 5) is 3.78. The van der Waals surface area contributed by atoms with Crippen molar-refractivity contribution in [1.82, 2.24) is 10.2 Å². The average Bonchev–Trinajstić information content (AvgIpc) is 2.77. The summed E-state index contributed by atoms with van der Waals surface area (Å²) in [6.45, 7) is 6.48. The molecule has 0 spiro atoms. The Hall–Kier alpha value is -1.69. The van der Waals surface area contributed by atoms with Crippen LogP contribution in [0.2, 0.25) is 0 Å². The van der Waals surface area contributed by atoms with Crippen LogP contribution < -0.4 is 14.8 Å². The second-order valence-electron chi connectivity index (χ2n) is 8.01. The van der Waals surface area contributed by atoms with Gasteiger partial charge in [-0.05, 0) is 69.6 Å². The molecule has 2 aromatic carbocycles. The van der Waals surface area contributed by atoms with Crippen molar-refractivity contribution in [1.29, 1.82) is 0 Å². The van der Waals surface area contributed by atoms with Crippen LogP contribution in [0.4, 0.5) is 0 Å². The lowest BCUT2D eigenvalue weighted by Crippen LogP contribution is -2.44. The minimum Gasteiger partial charge on any atom is -0.494 e. The van der Waals surface area contributed by atoms with Gasteiger partial charge in [0.1, 0.15) is 17.6 Å². The predicted molar refractivity (Wildman–Crippen MR) is 120 cm³/mol. The molecule has 0 aliphatic carbocycles. The Balaban J connectivity index is 1.25. The highest BCUT2D eigenvalue weighted by atomic mass is 32.2. The Morgan fingerprint density at radius 2 is 2.00 bits per heavy atom. The third-order valence-electron chi connectivity index (χ3n) is 5.85. The van der Waals surface area contributed by atoms with Crippen molar-refractivity contribution in [2.45, 2.75) is 48.5 Å². The fourth-order valence-corrected chi connectivity index (χ4v) is 5.33. The van der Waals surface area contributed by atoms with E-state index in [0.29, 0.717) is 11.3 Å². The summed E-state index contributed by atoms with van der Waals surface area (Å²) in [7, 11) is 2.07. The Kier molecular flexibility index (Phi) is 7.01. The summed E-state index contributed by atoms with van der Waals surface area (Å²) < 4.78 is 12.3. The van der Waals surface area contributed by atoms with E-state index in [-0.39, 0.29) is 6.10 Å². The fraction of sp³-hybridized carbons (Fsp3) is 0.500. The lowest BCUT2D eigenvalue weighted by Gasteiger charge is -2.32. The third kappa shape index (κ3) is 5.27. The number of benzene rings is 2. The first-order valence-corrected chi connectivity index (χ1v) is 11.7. The molecular formula is C24H32N2O2S. The molecule has 4 rings (SSSR count). The topological polar surface area (TPSA) is 33.7 Å². The molecule has 0 amide bonds. The first kappa shape index (κ1) is 20.6. The number of hydrogen-bond acceptors (Lipinski definition) is 5. The van der Waals surface area contributed by atoms with E-state index < -0.39 is 0 Å². The van der Waals surface area contributed by atoms with Gasteiger partial charge in [0.15, 0.2) is 0 Å². The second kappa shape index (κ2) is 9.88. The number of thioether (sulfide) groups is 1. The average molecular weight is 413 g/mol. The molecule has 3 atom stereocenters. The summed E-state index contributed by atoms with van der Waals surface area (Å²) in [6.07, 6.45) is 3.72. The van der Waals surface area contributed by atoms with Crippen LogP contribution in [0.5, 0.6) is 11.5 Å². The van der Waals surface area contributed by atoms with E-state index in [0.717, 1.165) is 37.6 Å². The molecule has 4 nitrogen and oxygen atoms in total. The van der Waals surface area contributed by atoms with Crippen LogP contribution in [0.25, 0.3) is 0 Å². The van der Waals surface area contributed by atoms with Crippen molar-refractivity contribution in [3.05, 3.63) is 54.1 Å². The highest BCUT2D eigenvalue weighted by Gasteiger charge is 2.28. The lowest BCUT2D eigenvalue weighted by molar-refractivity contribution is 0.179. The highest BCUT2D eigenvalue weighted by Crippen LogP contribution is 2.44. The van der Waals surface area contributed by atoms with Gasteiger partial charge in [-0.15, -0.1) is 11.8 Å². The number of para-hydroxylation sites is 1. The van der Waals surface area contributed by atoms with Crippen molar-refractivity contribution in [2.75, 3.05) is 33.3 Å². The molecule has 1 saturated heterocycles. The normalized spacial score (nSPS) is 24.6. The van der Waals surface area contributed by atoms with E-state index >= 15 is 0 Å². The van der Waals surface area contributed by atoms with Crippen LogP contribution in [-0.4, -0.2) is 49.5 Å². The number of piperidine rings is 1. The number of hydrogen-bond donors (Lipinski definition) is 1. The van der Waals surface area contributed by atoms with Gasteiger partial charge in [-0.25, -0.2) is 0 Å². The third-order valence-corrected chi connectivity index (χ3v) is 7.06. The second-order valence-corrected chi connectivity index (χ2v) is 9.43. The molecule has 156 valence electrons. The first-order chi connectivity index (χ1) is 14.2. The van der Waals surface area contributed by atoms with Gasteiger partial charge < -0.3 is 19.7 Å². The van der Waals surface area contributed by atoms with E-state index in [1.165, 1.54) is 29.8 Å². The van der Waals surface area contributed by atoms with Gasteiger partial charge in [0.05, 0.1) is 6.61 Å².